The maximum atomic E-state index is 12.3. The second-order valence-corrected chi connectivity index (χ2v) is 6.59. The van der Waals surface area contributed by atoms with E-state index >= 15 is 0 Å². The van der Waals surface area contributed by atoms with Crippen molar-refractivity contribution in [1.29, 1.82) is 0 Å². The summed E-state index contributed by atoms with van der Waals surface area (Å²) in [5.74, 6) is -0.174. The van der Waals surface area contributed by atoms with Gasteiger partial charge >= 0.3 is 0 Å². The van der Waals surface area contributed by atoms with Crippen molar-refractivity contribution in [3.63, 3.8) is 0 Å². The van der Waals surface area contributed by atoms with Crippen molar-refractivity contribution in [2.75, 3.05) is 22.5 Å². The molecule has 2 amide bonds. The van der Waals surface area contributed by atoms with Crippen molar-refractivity contribution in [3.05, 3.63) is 53.6 Å². The van der Waals surface area contributed by atoms with E-state index in [4.69, 9.17) is 0 Å². The summed E-state index contributed by atoms with van der Waals surface area (Å²) in [6.07, 6.45) is 0.869. The first-order valence-corrected chi connectivity index (χ1v) is 8.93. The molecule has 0 aliphatic heterocycles. The predicted molar refractivity (Wildman–Crippen MR) is 108 cm³/mol. The van der Waals surface area contributed by atoms with Crippen molar-refractivity contribution in [2.45, 2.75) is 34.1 Å². The van der Waals surface area contributed by atoms with Gasteiger partial charge < -0.3 is 16.0 Å². The fourth-order valence-corrected chi connectivity index (χ4v) is 2.53. The molecule has 0 aromatic heterocycles. The lowest BCUT2D eigenvalue weighted by atomic mass is 10.1. The van der Waals surface area contributed by atoms with Crippen molar-refractivity contribution < 1.29 is 9.59 Å². The summed E-state index contributed by atoms with van der Waals surface area (Å²) >= 11 is 0. The molecule has 2 aromatic rings. The third-order valence-corrected chi connectivity index (χ3v) is 4.13. The average Bonchev–Trinajstić information content (AvgIpc) is 2.62. The third kappa shape index (κ3) is 5.34. The highest BCUT2D eigenvalue weighted by Crippen LogP contribution is 2.21. The van der Waals surface area contributed by atoms with Crippen molar-refractivity contribution in [3.8, 4) is 0 Å². The maximum Gasteiger partial charge on any atom is 0.243 e. The van der Waals surface area contributed by atoms with E-state index < -0.39 is 0 Å². The van der Waals surface area contributed by atoms with Gasteiger partial charge in [0.2, 0.25) is 11.8 Å². The fourth-order valence-electron chi connectivity index (χ4n) is 2.53. The molecule has 0 heterocycles. The summed E-state index contributed by atoms with van der Waals surface area (Å²) in [4.78, 5) is 23.9. The number of aryl methyl sites for hydroxylation is 2. The molecule has 0 spiro atoms. The van der Waals surface area contributed by atoms with Gasteiger partial charge in [-0.05, 0) is 48.7 Å². The zero-order valence-electron chi connectivity index (χ0n) is 15.8. The molecule has 26 heavy (non-hydrogen) atoms. The maximum absolute atomic E-state index is 12.3. The number of hydrogen-bond acceptors (Lipinski definition) is 3. The Bertz CT molecular complexity index is 767. The molecule has 0 fully saturated rings. The van der Waals surface area contributed by atoms with Gasteiger partial charge in [-0.2, -0.15) is 0 Å². The Labute approximate surface area is 155 Å². The van der Waals surface area contributed by atoms with E-state index in [-0.39, 0.29) is 24.3 Å². The molecule has 0 unspecified atom stereocenters. The molecule has 5 nitrogen and oxygen atoms in total. The first-order valence-electron chi connectivity index (χ1n) is 8.93. The van der Waals surface area contributed by atoms with Gasteiger partial charge in [-0.1, -0.05) is 39.0 Å². The number of carbonyl (C=O) groups is 2. The lowest BCUT2D eigenvalue weighted by molar-refractivity contribution is -0.119. The Morgan fingerprint density at radius 2 is 1.62 bits per heavy atom. The minimum atomic E-state index is -0.0915. The van der Waals surface area contributed by atoms with Crippen LogP contribution in [-0.2, 0) is 16.0 Å². The zero-order valence-corrected chi connectivity index (χ0v) is 15.8. The first-order chi connectivity index (χ1) is 12.4. The van der Waals surface area contributed by atoms with Crippen molar-refractivity contribution >= 4 is 28.9 Å². The van der Waals surface area contributed by atoms with Gasteiger partial charge in [-0.3, -0.25) is 9.59 Å². The minimum absolute atomic E-state index is 0.0185. The predicted octanol–water partition coefficient (Wildman–Crippen LogP) is 4.20. The molecule has 0 atom stereocenters. The standard InChI is InChI=1S/C21H27N3O2/c1-5-16-8-6-7-15(4)20(16)24-19(25)13-22-17-9-11-18(12-10-17)23-21(26)14(2)3/h6-12,14,22H,5,13H2,1-4H3,(H,23,26)(H,24,25). The van der Waals surface area contributed by atoms with Gasteiger partial charge in [0, 0.05) is 23.0 Å². The molecular formula is C21H27N3O2. The smallest absolute Gasteiger partial charge is 0.243 e. The number of benzene rings is 2. The fraction of sp³-hybridized carbons (Fsp3) is 0.333. The van der Waals surface area contributed by atoms with Crippen LogP contribution in [0.1, 0.15) is 31.9 Å². The van der Waals surface area contributed by atoms with Crippen LogP contribution in [0.5, 0.6) is 0 Å². The van der Waals surface area contributed by atoms with Crippen LogP contribution < -0.4 is 16.0 Å². The molecule has 0 saturated heterocycles. The van der Waals surface area contributed by atoms with Gasteiger partial charge in [-0.25, -0.2) is 0 Å². The summed E-state index contributed by atoms with van der Waals surface area (Å²) in [5.41, 5.74) is 4.65. The molecule has 0 bridgehead atoms. The number of rotatable bonds is 7. The molecule has 0 radical (unpaired) electrons. The lowest BCUT2D eigenvalue weighted by Crippen LogP contribution is -2.23. The summed E-state index contributed by atoms with van der Waals surface area (Å²) in [5, 5.41) is 8.93. The Hall–Kier alpha value is -2.82. The second-order valence-electron chi connectivity index (χ2n) is 6.59. The molecular weight excluding hydrogens is 326 g/mol. The van der Waals surface area contributed by atoms with Crippen LogP contribution in [0, 0.1) is 12.8 Å². The van der Waals surface area contributed by atoms with Crippen molar-refractivity contribution in [2.24, 2.45) is 5.92 Å². The van der Waals surface area contributed by atoms with Crippen LogP contribution in [0.3, 0.4) is 0 Å². The van der Waals surface area contributed by atoms with Gasteiger partial charge in [0.05, 0.1) is 6.54 Å². The van der Waals surface area contributed by atoms with E-state index in [0.29, 0.717) is 0 Å². The summed E-state index contributed by atoms with van der Waals surface area (Å²) in [6.45, 7) is 7.94. The van der Waals surface area contributed by atoms with Crippen molar-refractivity contribution in [1.82, 2.24) is 0 Å². The number of para-hydroxylation sites is 1. The SMILES string of the molecule is CCc1cccc(C)c1NC(=O)CNc1ccc(NC(=O)C(C)C)cc1. The molecule has 0 aliphatic carbocycles. The number of nitrogens with one attached hydrogen (secondary N) is 3. The summed E-state index contributed by atoms with van der Waals surface area (Å²) < 4.78 is 0. The largest absolute Gasteiger partial charge is 0.376 e. The number of carbonyl (C=O) groups excluding carboxylic acids is 2. The van der Waals surface area contributed by atoms with E-state index in [1.54, 1.807) is 0 Å². The molecule has 138 valence electrons. The third-order valence-electron chi connectivity index (χ3n) is 4.13. The topological polar surface area (TPSA) is 70.2 Å². The van der Waals surface area contributed by atoms with Crippen LogP contribution in [-0.4, -0.2) is 18.4 Å². The molecule has 2 aromatic carbocycles. The van der Waals surface area contributed by atoms with Crippen LogP contribution >= 0.6 is 0 Å². The highest BCUT2D eigenvalue weighted by molar-refractivity contribution is 5.95. The van der Waals surface area contributed by atoms with Crippen LogP contribution in [0.15, 0.2) is 42.5 Å². The monoisotopic (exact) mass is 353 g/mol. The van der Waals surface area contributed by atoms with E-state index in [9.17, 15) is 9.59 Å². The summed E-state index contributed by atoms with van der Waals surface area (Å²) in [6, 6.07) is 13.3. The average molecular weight is 353 g/mol. The Morgan fingerprint density at radius 1 is 0.962 bits per heavy atom. The minimum Gasteiger partial charge on any atom is -0.376 e. The van der Waals surface area contributed by atoms with E-state index in [1.807, 2.05) is 63.2 Å². The Morgan fingerprint density at radius 3 is 2.23 bits per heavy atom. The number of anilines is 3. The van der Waals surface area contributed by atoms with E-state index in [0.717, 1.165) is 34.6 Å². The highest BCUT2D eigenvalue weighted by atomic mass is 16.2. The van der Waals surface area contributed by atoms with E-state index in [2.05, 4.69) is 22.9 Å². The first kappa shape index (κ1) is 19.5. The van der Waals surface area contributed by atoms with Gasteiger partial charge in [0.1, 0.15) is 0 Å². The zero-order chi connectivity index (χ0) is 19.1. The van der Waals surface area contributed by atoms with Gasteiger partial charge in [0.15, 0.2) is 0 Å². The Balaban J connectivity index is 1.91. The van der Waals surface area contributed by atoms with Gasteiger partial charge in [-0.15, -0.1) is 0 Å². The molecule has 2 rings (SSSR count). The van der Waals surface area contributed by atoms with Gasteiger partial charge in [0.25, 0.3) is 0 Å². The Kier molecular flexibility index (Phi) is 6.78. The van der Waals surface area contributed by atoms with E-state index in [1.165, 1.54) is 0 Å². The molecule has 0 aliphatic rings. The number of hydrogen-bond donors (Lipinski definition) is 3. The van der Waals surface area contributed by atoms with Crippen LogP contribution in [0.25, 0.3) is 0 Å². The number of amides is 2. The molecule has 0 saturated carbocycles. The summed E-state index contributed by atoms with van der Waals surface area (Å²) in [7, 11) is 0. The normalized spacial score (nSPS) is 10.5. The lowest BCUT2D eigenvalue weighted by Gasteiger charge is -2.14. The highest BCUT2D eigenvalue weighted by Gasteiger charge is 2.09. The van der Waals surface area contributed by atoms with Crippen LogP contribution in [0.2, 0.25) is 0 Å². The quantitative estimate of drug-likeness (QED) is 0.698. The molecule has 3 N–H and O–H groups in total. The van der Waals surface area contributed by atoms with Crippen LogP contribution in [0.4, 0.5) is 17.1 Å². The second kappa shape index (κ2) is 9.04. The molecule has 5 heteroatoms.